The molecule has 0 saturated heterocycles. The van der Waals surface area contributed by atoms with Gasteiger partial charge in [-0.3, -0.25) is 0 Å². The van der Waals surface area contributed by atoms with Gasteiger partial charge in [0.15, 0.2) is 0 Å². The van der Waals surface area contributed by atoms with Gasteiger partial charge < -0.3 is 10.5 Å². The van der Waals surface area contributed by atoms with Crippen LogP contribution in [0.15, 0.2) is 18.2 Å². The van der Waals surface area contributed by atoms with Gasteiger partial charge in [-0.15, -0.1) is 0 Å². The van der Waals surface area contributed by atoms with E-state index in [1.807, 2.05) is 0 Å². The van der Waals surface area contributed by atoms with Crippen molar-refractivity contribution in [2.75, 3.05) is 0 Å². The minimum atomic E-state index is -0.299. The molecule has 0 aliphatic carbocycles. The molecule has 1 atom stereocenters. The molecule has 0 amide bonds. The number of benzene rings is 1. The first kappa shape index (κ1) is 12.4. The van der Waals surface area contributed by atoms with Crippen LogP contribution in [0.4, 0.5) is 0 Å². The van der Waals surface area contributed by atoms with Crippen molar-refractivity contribution in [2.24, 2.45) is 5.73 Å². The highest BCUT2D eigenvalue weighted by atomic mass is 16.5. The van der Waals surface area contributed by atoms with Gasteiger partial charge in [0, 0.05) is 17.5 Å². The molecule has 1 heterocycles. The predicted molar refractivity (Wildman–Crippen MR) is 71.4 cm³/mol. The van der Waals surface area contributed by atoms with E-state index in [2.05, 4.69) is 52.8 Å². The number of rotatable bonds is 1. The Morgan fingerprint density at radius 2 is 1.88 bits per heavy atom. The molecular formula is C15H23NO. The van der Waals surface area contributed by atoms with E-state index in [0.29, 0.717) is 5.92 Å². The van der Waals surface area contributed by atoms with Crippen LogP contribution in [0.5, 0.6) is 5.75 Å². The summed E-state index contributed by atoms with van der Waals surface area (Å²) in [7, 11) is 0. The van der Waals surface area contributed by atoms with Crippen molar-refractivity contribution in [1.82, 2.24) is 0 Å². The summed E-state index contributed by atoms with van der Waals surface area (Å²) in [5.41, 5.74) is 8.35. The minimum Gasteiger partial charge on any atom is -0.487 e. The lowest BCUT2D eigenvalue weighted by Gasteiger charge is -2.42. The topological polar surface area (TPSA) is 35.2 Å². The maximum Gasteiger partial charge on any atom is 0.125 e. The van der Waals surface area contributed by atoms with Crippen LogP contribution in [0.1, 0.15) is 58.1 Å². The van der Waals surface area contributed by atoms with Crippen molar-refractivity contribution in [2.45, 2.75) is 58.1 Å². The molecule has 1 aromatic carbocycles. The van der Waals surface area contributed by atoms with Crippen LogP contribution in [0.2, 0.25) is 0 Å². The third kappa shape index (κ3) is 2.32. The van der Waals surface area contributed by atoms with E-state index >= 15 is 0 Å². The smallest absolute Gasteiger partial charge is 0.125 e. The van der Waals surface area contributed by atoms with E-state index in [1.54, 1.807) is 0 Å². The summed E-state index contributed by atoms with van der Waals surface area (Å²) in [6, 6.07) is 6.43. The van der Waals surface area contributed by atoms with Crippen molar-refractivity contribution in [3.05, 3.63) is 29.3 Å². The van der Waals surface area contributed by atoms with Crippen LogP contribution in [0.3, 0.4) is 0 Å². The summed E-state index contributed by atoms with van der Waals surface area (Å²) < 4.78 is 6.07. The van der Waals surface area contributed by atoms with Crippen molar-refractivity contribution in [3.63, 3.8) is 0 Å². The molecule has 1 unspecified atom stereocenters. The van der Waals surface area contributed by atoms with Crippen molar-refractivity contribution < 1.29 is 4.74 Å². The molecule has 94 valence electrons. The molecule has 17 heavy (non-hydrogen) atoms. The average molecular weight is 233 g/mol. The van der Waals surface area contributed by atoms with Crippen LogP contribution >= 0.6 is 0 Å². The SMILES string of the molecule is CC(C)c1ccc2c(c1)OC(C)(C)CC2(C)N. The number of fused-ring (bicyclic) bond motifs is 1. The zero-order chi connectivity index (χ0) is 12.8. The lowest BCUT2D eigenvalue weighted by molar-refractivity contribution is 0.0501. The summed E-state index contributed by atoms with van der Waals surface area (Å²) in [6.07, 6.45) is 0.841. The first-order chi connectivity index (χ1) is 7.71. The molecule has 1 aliphatic heterocycles. The number of ether oxygens (including phenoxy) is 1. The summed E-state index contributed by atoms with van der Waals surface area (Å²) in [5.74, 6) is 1.47. The second-order valence-electron chi connectivity index (χ2n) is 6.37. The zero-order valence-electron chi connectivity index (χ0n) is 11.5. The van der Waals surface area contributed by atoms with Crippen molar-refractivity contribution >= 4 is 0 Å². The van der Waals surface area contributed by atoms with Crippen LogP contribution in [-0.2, 0) is 5.54 Å². The lowest BCUT2D eigenvalue weighted by atomic mass is 9.79. The van der Waals surface area contributed by atoms with Gasteiger partial charge in [0.05, 0.1) is 0 Å². The molecular weight excluding hydrogens is 210 g/mol. The second kappa shape index (κ2) is 3.74. The maximum absolute atomic E-state index is 6.41. The van der Waals surface area contributed by atoms with Gasteiger partial charge in [0.25, 0.3) is 0 Å². The summed E-state index contributed by atoms with van der Waals surface area (Å²) >= 11 is 0. The Labute approximate surface area is 104 Å². The maximum atomic E-state index is 6.41. The van der Waals surface area contributed by atoms with Gasteiger partial charge in [0.1, 0.15) is 11.4 Å². The molecule has 0 radical (unpaired) electrons. The average Bonchev–Trinajstić information content (AvgIpc) is 2.13. The molecule has 0 saturated carbocycles. The van der Waals surface area contributed by atoms with E-state index in [0.717, 1.165) is 17.7 Å². The first-order valence-electron chi connectivity index (χ1n) is 6.34. The van der Waals surface area contributed by atoms with Gasteiger partial charge in [-0.25, -0.2) is 0 Å². The van der Waals surface area contributed by atoms with Crippen molar-refractivity contribution in [1.29, 1.82) is 0 Å². The van der Waals surface area contributed by atoms with Crippen LogP contribution in [-0.4, -0.2) is 5.60 Å². The number of hydrogen-bond donors (Lipinski definition) is 1. The molecule has 0 fully saturated rings. The highest BCUT2D eigenvalue weighted by Crippen LogP contribution is 2.42. The van der Waals surface area contributed by atoms with E-state index in [9.17, 15) is 0 Å². The molecule has 0 aromatic heterocycles. The van der Waals surface area contributed by atoms with Gasteiger partial charge in [-0.1, -0.05) is 26.0 Å². The van der Waals surface area contributed by atoms with Crippen LogP contribution in [0, 0.1) is 0 Å². The monoisotopic (exact) mass is 233 g/mol. The zero-order valence-corrected chi connectivity index (χ0v) is 11.5. The Morgan fingerprint density at radius 3 is 2.47 bits per heavy atom. The third-order valence-corrected chi connectivity index (χ3v) is 3.47. The number of nitrogens with two attached hydrogens (primary N) is 1. The Morgan fingerprint density at radius 1 is 1.24 bits per heavy atom. The molecule has 2 N–H and O–H groups in total. The summed E-state index contributed by atoms with van der Waals surface area (Å²) in [4.78, 5) is 0. The quantitative estimate of drug-likeness (QED) is 0.805. The van der Waals surface area contributed by atoms with Gasteiger partial charge in [-0.2, -0.15) is 0 Å². The lowest BCUT2D eigenvalue weighted by Crippen LogP contribution is -2.47. The molecule has 1 aliphatic rings. The normalized spacial score (nSPS) is 26.5. The summed E-state index contributed by atoms with van der Waals surface area (Å²) in [6.45, 7) is 10.7. The Bertz CT molecular complexity index is 433. The van der Waals surface area contributed by atoms with Crippen LogP contribution in [0.25, 0.3) is 0 Å². The Balaban J connectivity index is 2.51. The van der Waals surface area contributed by atoms with Gasteiger partial charge in [0.2, 0.25) is 0 Å². The Kier molecular flexibility index (Phi) is 2.74. The van der Waals surface area contributed by atoms with E-state index in [4.69, 9.17) is 10.5 Å². The standard InChI is InChI=1S/C15H23NO/c1-10(2)11-6-7-12-13(8-11)17-14(3,4)9-15(12,5)16/h6-8,10H,9,16H2,1-5H3. The Hall–Kier alpha value is -1.02. The van der Waals surface area contributed by atoms with E-state index in [-0.39, 0.29) is 11.1 Å². The first-order valence-corrected chi connectivity index (χ1v) is 6.34. The van der Waals surface area contributed by atoms with Crippen LogP contribution < -0.4 is 10.5 Å². The molecule has 1 aromatic rings. The van der Waals surface area contributed by atoms with Gasteiger partial charge >= 0.3 is 0 Å². The van der Waals surface area contributed by atoms with E-state index in [1.165, 1.54) is 5.56 Å². The molecule has 2 rings (SSSR count). The van der Waals surface area contributed by atoms with Crippen molar-refractivity contribution in [3.8, 4) is 5.75 Å². The fourth-order valence-electron chi connectivity index (χ4n) is 2.77. The predicted octanol–water partition coefficient (Wildman–Crippen LogP) is 3.55. The molecule has 0 spiro atoms. The minimum absolute atomic E-state index is 0.188. The fraction of sp³-hybridized carbons (Fsp3) is 0.600. The second-order valence-corrected chi connectivity index (χ2v) is 6.37. The highest BCUT2D eigenvalue weighted by molar-refractivity contribution is 5.45. The fourth-order valence-corrected chi connectivity index (χ4v) is 2.77. The molecule has 2 heteroatoms. The highest BCUT2D eigenvalue weighted by Gasteiger charge is 2.39. The molecule has 2 nitrogen and oxygen atoms in total. The molecule has 0 bridgehead atoms. The summed E-state index contributed by atoms with van der Waals surface area (Å²) in [5, 5.41) is 0. The third-order valence-electron chi connectivity index (χ3n) is 3.47. The number of hydrogen-bond acceptors (Lipinski definition) is 2. The largest absolute Gasteiger partial charge is 0.487 e. The van der Waals surface area contributed by atoms with Gasteiger partial charge in [-0.05, 0) is 38.3 Å². The van der Waals surface area contributed by atoms with E-state index < -0.39 is 0 Å².